The van der Waals surface area contributed by atoms with Crippen LogP contribution in [0.15, 0.2) is 48.5 Å². The van der Waals surface area contributed by atoms with Crippen molar-refractivity contribution < 1.29 is 15.0 Å². The molecule has 0 fully saturated rings. The lowest BCUT2D eigenvalue weighted by atomic mass is 10.0. The van der Waals surface area contributed by atoms with Gasteiger partial charge in [0.25, 0.3) is 0 Å². The quantitative estimate of drug-likeness (QED) is 0.693. The van der Waals surface area contributed by atoms with E-state index in [4.69, 9.17) is 5.11 Å². The van der Waals surface area contributed by atoms with E-state index in [2.05, 4.69) is 5.32 Å². The largest absolute Gasteiger partial charge is 0.506 e. The number of hydrogen-bond acceptors (Lipinski definition) is 2. The van der Waals surface area contributed by atoms with E-state index < -0.39 is 6.09 Å². The first-order valence-electron chi connectivity index (χ1n) is 5.06. The number of nitrogens with one attached hydrogen (secondary N) is 1. The van der Waals surface area contributed by atoms with Crippen LogP contribution in [-0.4, -0.2) is 16.3 Å². The number of benzene rings is 2. The van der Waals surface area contributed by atoms with Gasteiger partial charge in [0.05, 0.1) is 5.69 Å². The molecule has 0 radical (unpaired) electrons. The van der Waals surface area contributed by atoms with E-state index in [0.717, 1.165) is 5.56 Å². The maximum atomic E-state index is 10.7. The molecule has 0 aromatic heterocycles. The van der Waals surface area contributed by atoms with E-state index in [0.29, 0.717) is 5.56 Å². The summed E-state index contributed by atoms with van der Waals surface area (Å²) in [7, 11) is 0. The zero-order valence-corrected chi connectivity index (χ0v) is 8.92. The van der Waals surface area contributed by atoms with Crippen LogP contribution in [-0.2, 0) is 0 Å². The molecule has 0 aliphatic carbocycles. The number of phenols is 1. The van der Waals surface area contributed by atoms with Gasteiger partial charge < -0.3 is 10.2 Å². The Bertz CT molecular complexity index is 538. The topological polar surface area (TPSA) is 69.6 Å². The number of para-hydroxylation sites is 1. The first-order chi connectivity index (χ1) is 8.18. The lowest BCUT2D eigenvalue weighted by Crippen LogP contribution is -2.08. The molecule has 2 aromatic rings. The van der Waals surface area contributed by atoms with Crippen molar-refractivity contribution in [1.29, 1.82) is 0 Å². The molecule has 86 valence electrons. The van der Waals surface area contributed by atoms with Crippen molar-refractivity contribution in [2.24, 2.45) is 0 Å². The van der Waals surface area contributed by atoms with E-state index in [1.807, 2.05) is 30.3 Å². The zero-order valence-electron chi connectivity index (χ0n) is 8.92. The highest BCUT2D eigenvalue weighted by atomic mass is 16.4. The van der Waals surface area contributed by atoms with E-state index in [-0.39, 0.29) is 11.4 Å². The van der Waals surface area contributed by atoms with E-state index in [9.17, 15) is 9.90 Å². The van der Waals surface area contributed by atoms with Gasteiger partial charge in [-0.05, 0) is 11.6 Å². The van der Waals surface area contributed by atoms with Gasteiger partial charge in [-0.25, -0.2) is 4.79 Å². The summed E-state index contributed by atoms with van der Waals surface area (Å²) in [5.74, 6) is -0.0891. The number of rotatable bonds is 2. The van der Waals surface area contributed by atoms with Crippen LogP contribution in [0.3, 0.4) is 0 Å². The molecule has 0 unspecified atom stereocenters. The highest BCUT2D eigenvalue weighted by Crippen LogP contribution is 2.34. The molecule has 2 rings (SSSR count). The molecular formula is C13H11NO3. The number of carboxylic acid groups (broad SMARTS) is 1. The van der Waals surface area contributed by atoms with Gasteiger partial charge in [-0.15, -0.1) is 0 Å². The fraction of sp³-hybridized carbons (Fsp3) is 0. The summed E-state index contributed by atoms with van der Waals surface area (Å²) < 4.78 is 0. The molecule has 0 bridgehead atoms. The fourth-order valence-corrected chi connectivity index (χ4v) is 1.64. The Labute approximate surface area is 98.2 Å². The summed E-state index contributed by atoms with van der Waals surface area (Å²) in [5.41, 5.74) is 1.69. The molecule has 2 aromatic carbocycles. The molecule has 1 amide bonds. The molecule has 3 N–H and O–H groups in total. The van der Waals surface area contributed by atoms with Gasteiger partial charge >= 0.3 is 6.09 Å². The number of aromatic hydroxyl groups is 1. The summed E-state index contributed by atoms with van der Waals surface area (Å²) in [6, 6.07) is 14.1. The Morgan fingerprint density at radius 2 is 1.71 bits per heavy atom. The molecule has 0 aliphatic heterocycles. The molecule has 0 saturated heterocycles. The number of hydrogen-bond donors (Lipinski definition) is 3. The normalized spacial score (nSPS) is 9.88. The Hall–Kier alpha value is -2.49. The van der Waals surface area contributed by atoms with Crippen molar-refractivity contribution in [3.63, 3.8) is 0 Å². The van der Waals surface area contributed by atoms with E-state index in [1.165, 1.54) is 6.07 Å². The third kappa shape index (κ3) is 2.36. The Morgan fingerprint density at radius 3 is 2.35 bits per heavy atom. The zero-order chi connectivity index (χ0) is 12.3. The highest BCUT2D eigenvalue weighted by Gasteiger charge is 2.11. The molecule has 0 spiro atoms. The smallest absolute Gasteiger partial charge is 0.409 e. The van der Waals surface area contributed by atoms with Gasteiger partial charge in [0, 0.05) is 5.56 Å². The second-order valence-corrected chi connectivity index (χ2v) is 3.50. The SMILES string of the molecule is O=C(O)Nc1c(O)cccc1-c1ccccc1. The lowest BCUT2D eigenvalue weighted by molar-refractivity contribution is 0.209. The van der Waals surface area contributed by atoms with Crippen molar-refractivity contribution in [3.05, 3.63) is 48.5 Å². The minimum absolute atomic E-state index is 0.0891. The molecule has 4 nitrogen and oxygen atoms in total. The predicted molar refractivity (Wildman–Crippen MR) is 65.2 cm³/mol. The monoisotopic (exact) mass is 229 g/mol. The van der Waals surface area contributed by atoms with Crippen LogP contribution in [0.25, 0.3) is 11.1 Å². The third-order valence-corrected chi connectivity index (χ3v) is 2.36. The van der Waals surface area contributed by atoms with Crippen molar-refractivity contribution in [2.45, 2.75) is 0 Å². The molecule has 0 heterocycles. The number of phenolic OH excluding ortho intramolecular Hbond substituents is 1. The van der Waals surface area contributed by atoms with Crippen LogP contribution in [0.2, 0.25) is 0 Å². The van der Waals surface area contributed by atoms with Gasteiger partial charge in [-0.2, -0.15) is 0 Å². The second-order valence-electron chi connectivity index (χ2n) is 3.50. The fourth-order valence-electron chi connectivity index (χ4n) is 1.64. The second kappa shape index (κ2) is 4.57. The van der Waals surface area contributed by atoms with Gasteiger partial charge in [-0.1, -0.05) is 42.5 Å². The van der Waals surface area contributed by atoms with Gasteiger partial charge in [0.15, 0.2) is 0 Å². The van der Waals surface area contributed by atoms with Crippen molar-refractivity contribution >= 4 is 11.8 Å². The van der Waals surface area contributed by atoms with Crippen LogP contribution in [0.4, 0.5) is 10.5 Å². The average Bonchev–Trinajstić information content (AvgIpc) is 2.32. The molecule has 0 aliphatic rings. The standard InChI is InChI=1S/C13H11NO3/c15-11-8-4-7-10(12(11)14-13(16)17)9-5-2-1-3-6-9/h1-8,14-15H,(H,16,17). The summed E-state index contributed by atoms with van der Waals surface area (Å²) in [4.78, 5) is 10.7. The number of anilines is 1. The van der Waals surface area contributed by atoms with Crippen LogP contribution < -0.4 is 5.32 Å². The molecule has 0 atom stereocenters. The molecule has 17 heavy (non-hydrogen) atoms. The van der Waals surface area contributed by atoms with Gasteiger partial charge in [0.1, 0.15) is 5.75 Å². The third-order valence-electron chi connectivity index (χ3n) is 2.36. The van der Waals surface area contributed by atoms with Gasteiger partial charge in [-0.3, -0.25) is 5.32 Å². The summed E-state index contributed by atoms with van der Waals surface area (Å²) in [6.45, 7) is 0. The van der Waals surface area contributed by atoms with Gasteiger partial charge in [0.2, 0.25) is 0 Å². The van der Waals surface area contributed by atoms with Crippen LogP contribution in [0.5, 0.6) is 5.75 Å². The van der Waals surface area contributed by atoms with Crippen molar-refractivity contribution in [2.75, 3.05) is 5.32 Å². The molecular weight excluding hydrogens is 218 g/mol. The Kier molecular flexibility index (Phi) is 2.96. The highest BCUT2D eigenvalue weighted by molar-refractivity contribution is 5.93. The van der Waals surface area contributed by atoms with Crippen molar-refractivity contribution in [3.8, 4) is 16.9 Å². The molecule has 0 saturated carbocycles. The Balaban J connectivity index is 2.54. The van der Waals surface area contributed by atoms with E-state index in [1.54, 1.807) is 12.1 Å². The average molecular weight is 229 g/mol. The maximum absolute atomic E-state index is 10.7. The van der Waals surface area contributed by atoms with Crippen LogP contribution >= 0.6 is 0 Å². The summed E-state index contributed by atoms with van der Waals surface area (Å²) in [5, 5.41) is 20.6. The minimum Gasteiger partial charge on any atom is -0.506 e. The molecule has 4 heteroatoms. The maximum Gasteiger partial charge on any atom is 0.409 e. The summed E-state index contributed by atoms with van der Waals surface area (Å²) in [6.07, 6.45) is -1.20. The first-order valence-corrected chi connectivity index (χ1v) is 5.06. The minimum atomic E-state index is -1.20. The Morgan fingerprint density at radius 1 is 1.00 bits per heavy atom. The van der Waals surface area contributed by atoms with Crippen molar-refractivity contribution in [1.82, 2.24) is 0 Å². The lowest BCUT2D eigenvalue weighted by Gasteiger charge is -2.10. The summed E-state index contributed by atoms with van der Waals surface area (Å²) >= 11 is 0. The number of carbonyl (C=O) groups is 1. The van der Waals surface area contributed by atoms with Crippen LogP contribution in [0, 0.1) is 0 Å². The van der Waals surface area contributed by atoms with E-state index >= 15 is 0 Å². The number of amides is 1. The first kappa shape index (κ1) is 11.0. The van der Waals surface area contributed by atoms with Crippen LogP contribution in [0.1, 0.15) is 0 Å². The predicted octanol–water partition coefficient (Wildman–Crippen LogP) is 3.15.